The Morgan fingerprint density at radius 1 is 0.844 bits per heavy atom. The molecule has 0 saturated carbocycles. The number of nitrogens with one attached hydrogen (secondary N) is 4. The first-order valence-electron chi connectivity index (χ1n) is 22.2. The van der Waals surface area contributed by atoms with Crippen molar-refractivity contribution in [1.82, 2.24) is 40.4 Å². The molecule has 5 N–H and O–H groups in total. The normalized spacial score (nSPS) is 20.8. The Hall–Kier alpha value is -6.16. The van der Waals surface area contributed by atoms with Crippen LogP contribution in [0.15, 0.2) is 48.7 Å². The number of amides is 4. The van der Waals surface area contributed by atoms with Crippen molar-refractivity contribution in [3.63, 3.8) is 0 Å². The van der Waals surface area contributed by atoms with Crippen LogP contribution in [-0.4, -0.2) is 101 Å². The van der Waals surface area contributed by atoms with Crippen LogP contribution in [0.1, 0.15) is 117 Å². The highest BCUT2D eigenvalue weighted by molar-refractivity contribution is 6.07. The molecule has 16 nitrogen and oxygen atoms in total. The Morgan fingerprint density at radius 3 is 2.19 bits per heavy atom. The maximum Gasteiger partial charge on any atom is 0.408 e. The number of aliphatic hydroxyl groups is 1. The highest BCUT2D eigenvalue weighted by Crippen LogP contribution is 2.44. The Balaban J connectivity index is 1.04. The summed E-state index contributed by atoms with van der Waals surface area (Å²) in [6.45, 7) is 16.4. The molecule has 3 aliphatic rings. The van der Waals surface area contributed by atoms with Gasteiger partial charge in [-0.25, -0.2) is 19.6 Å². The average molecular weight is 877 g/mol. The molecule has 5 heterocycles. The monoisotopic (exact) mass is 876 g/mol. The minimum atomic E-state index is -1.57. The summed E-state index contributed by atoms with van der Waals surface area (Å²) in [5.74, 6) is 1.35. The molecule has 8 rings (SSSR count). The molecular formula is C48H60N8O8. The van der Waals surface area contributed by atoms with Gasteiger partial charge in [0.1, 0.15) is 41.7 Å². The number of likely N-dealkylation sites (tertiary alicyclic amines) is 2. The summed E-state index contributed by atoms with van der Waals surface area (Å²) in [5.41, 5.74) is 4.03. The Labute approximate surface area is 372 Å². The van der Waals surface area contributed by atoms with E-state index < -0.39 is 47.4 Å². The van der Waals surface area contributed by atoms with Gasteiger partial charge in [0.2, 0.25) is 11.8 Å². The van der Waals surface area contributed by atoms with Crippen molar-refractivity contribution in [2.24, 2.45) is 5.92 Å². The van der Waals surface area contributed by atoms with Crippen LogP contribution >= 0.6 is 0 Å². The fourth-order valence-electron chi connectivity index (χ4n) is 9.51. The summed E-state index contributed by atoms with van der Waals surface area (Å²) in [6.07, 6.45) is 3.32. The lowest BCUT2D eigenvalue weighted by Crippen LogP contribution is -2.59. The SMILES string of the molecule is COC(=O)NC(C(=O)N1C(C)CCC1c1ncc(-c2ccc3c(c2)COc2cc4c(ccc5[nH]c(C6CCC(C)N6C(=O)C(NC(=O)OC(C)(C)C)C(C)(C)O)nc54)cc2-3)[nH]1)C(C)C. The molecule has 0 radical (unpaired) electrons. The number of methoxy groups -OCH3 is 1. The first-order valence-corrected chi connectivity index (χ1v) is 22.2. The minimum Gasteiger partial charge on any atom is -0.488 e. The van der Waals surface area contributed by atoms with Crippen molar-refractivity contribution in [3.8, 4) is 28.1 Å². The van der Waals surface area contributed by atoms with Crippen LogP contribution < -0.4 is 15.4 Å². The van der Waals surface area contributed by atoms with Crippen LogP contribution in [0.25, 0.3) is 44.2 Å². The van der Waals surface area contributed by atoms with Crippen LogP contribution in [0.5, 0.6) is 5.75 Å². The fraction of sp³-hybridized carbons (Fsp3) is 0.500. The lowest BCUT2D eigenvalue weighted by molar-refractivity contribution is -0.142. The quantitative estimate of drug-likeness (QED) is 0.0972. The van der Waals surface area contributed by atoms with E-state index >= 15 is 0 Å². The van der Waals surface area contributed by atoms with Gasteiger partial charge in [-0.1, -0.05) is 32.0 Å². The summed E-state index contributed by atoms with van der Waals surface area (Å²) in [7, 11) is 1.29. The smallest absolute Gasteiger partial charge is 0.408 e. The number of imidazole rings is 2. The summed E-state index contributed by atoms with van der Waals surface area (Å²) >= 11 is 0. The molecule has 0 aliphatic carbocycles. The second kappa shape index (κ2) is 16.8. The number of aromatic nitrogens is 4. The van der Waals surface area contributed by atoms with E-state index in [-0.39, 0.29) is 30.0 Å². The lowest BCUT2D eigenvalue weighted by atomic mass is 9.92. The molecular weight excluding hydrogens is 817 g/mol. The number of hydrogen-bond acceptors (Lipinski definition) is 10. The van der Waals surface area contributed by atoms with Crippen molar-refractivity contribution < 1.29 is 38.5 Å². The van der Waals surface area contributed by atoms with Gasteiger partial charge >= 0.3 is 12.2 Å². The van der Waals surface area contributed by atoms with Gasteiger partial charge in [-0.2, -0.15) is 0 Å². The number of alkyl carbamates (subject to hydrolysis) is 2. The van der Waals surface area contributed by atoms with Gasteiger partial charge in [0.15, 0.2) is 0 Å². The zero-order valence-electron chi connectivity index (χ0n) is 38.3. The zero-order chi connectivity index (χ0) is 46.0. The van der Waals surface area contributed by atoms with E-state index in [0.717, 1.165) is 74.8 Å². The third-order valence-corrected chi connectivity index (χ3v) is 12.8. The van der Waals surface area contributed by atoms with E-state index in [1.807, 2.05) is 44.7 Å². The summed E-state index contributed by atoms with van der Waals surface area (Å²) < 4.78 is 16.7. The van der Waals surface area contributed by atoms with Crippen molar-refractivity contribution in [1.29, 1.82) is 0 Å². The van der Waals surface area contributed by atoms with Crippen molar-refractivity contribution >= 4 is 45.8 Å². The number of fused-ring (bicyclic) bond motifs is 6. The largest absolute Gasteiger partial charge is 0.488 e. The van der Waals surface area contributed by atoms with E-state index in [9.17, 15) is 24.3 Å². The van der Waals surface area contributed by atoms with E-state index in [2.05, 4.69) is 50.9 Å². The van der Waals surface area contributed by atoms with Crippen LogP contribution in [0.2, 0.25) is 0 Å². The molecule has 5 aromatic rings. The molecule has 6 atom stereocenters. The molecule has 3 aliphatic heterocycles. The van der Waals surface area contributed by atoms with Crippen molar-refractivity contribution in [2.75, 3.05) is 7.11 Å². The maximum atomic E-state index is 14.3. The van der Waals surface area contributed by atoms with E-state index in [1.54, 1.807) is 31.9 Å². The number of carbonyl (C=O) groups excluding carboxylic acids is 4. The molecule has 2 aromatic heterocycles. The first kappa shape index (κ1) is 44.4. The molecule has 6 unspecified atom stereocenters. The minimum absolute atomic E-state index is 0.0262. The third-order valence-electron chi connectivity index (χ3n) is 12.8. The molecule has 2 fully saturated rings. The second-order valence-corrected chi connectivity index (χ2v) is 19.5. The maximum absolute atomic E-state index is 14.3. The van der Waals surface area contributed by atoms with Gasteiger partial charge in [-0.15, -0.1) is 0 Å². The molecule has 0 bridgehead atoms. The first-order chi connectivity index (χ1) is 30.2. The second-order valence-electron chi connectivity index (χ2n) is 19.5. The average Bonchev–Trinajstić information content (AvgIpc) is 4.05. The number of H-pyrrole nitrogens is 2. The topological polar surface area (TPSA) is 204 Å². The fourth-order valence-corrected chi connectivity index (χ4v) is 9.51. The van der Waals surface area contributed by atoms with Gasteiger partial charge in [-0.3, -0.25) is 9.59 Å². The van der Waals surface area contributed by atoms with E-state index in [4.69, 9.17) is 24.2 Å². The summed E-state index contributed by atoms with van der Waals surface area (Å²) in [5, 5.41) is 18.3. The van der Waals surface area contributed by atoms with Crippen LogP contribution in [-0.2, 0) is 25.7 Å². The van der Waals surface area contributed by atoms with Crippen molar-refractivity contribution in [2.45, 2.75) is 142 Å². The number of carbonyl (C=O) groups is 4. The molecule has 16 heteroatoms. The van der Waals surface area contributed by atoms with Gasteiger partial charge in [0, 0.05) is 23.0 Å². The molecule has 4 amide bonds. The Morgan fingerprint density at radius 2 is 1.53 bits per heavy atom. The Bertz CT molecular complexity index is 2620. The molecule has 2 saturated heterocycles. The van der Waals surface area contributed by atoms with Gasteiger partial charge < -0.3 is 49.7 Å². The lowest BCUT2D eigenvalue weighted by Gasteiger charge is -2.36. The standard InChI is InChI=1S/C48H60N8O8/c1-24(2)38(53-45(59)62-10)43(57)55-25(3)11-17-35(55)41-49-22-34(51-41)28-13-15-30-29(19-28)23-63-37-21-31-27(20-32(30)37)14-16-33-39(31)52-42(50-33)36-18-12-26(4)56(36)44(58)40(48(8,9)61)54-46(60)64-47(5,6)7/h13-16,19-22,24-26,35-36,38,40,61H,11-12,17-18,23H2,1-10H3,(H,49,51)(H,50,52)(H,53,59)(H,54,60). The number of rotatable bonds is 9. The summed E-state index contributed by atoms with van der Waals surface area (Å²) in [4.78, 5) is 73.5. The van der Waals surface area contributed by atoms with Gasteiger partial charge in [-0.05, 0) is 126 Å². The highest BCUT2D eigenvalue weighted by Gasteiger charge is 2.46. The molecule has 340 valence electrons. The zero-order valence-corrected chi connectivity index (χ0v) is 38.3. The van der Waals surface area contributed by atoms with E-state index in [1.165, 1.54) is 21.0 Å². The predicted molar refractivity (Wildman–Crippen MR) is 241 cm³/mol. The van der Waals surface area contributed by atoms with Crippen LogP contribution in [0.4, 0.5) is 9.59 Å². The Kier molecular flexibility index (Phi) is 11.6. The number of hydrogen-bond donors (Lipinski definition) is 5. The molecule has 3 aromatic carbocycles. The van der Waals surface area contributed by atoms with Crippen LogP contribution in [0.3, 0.4) is 0 Å². The molecule has 0 spiro atoms. The summed E-state index contributed by atoms with van der Waals surface area (Å²) in [6, 6.07) is 11.6. The van der Waals surface area contributed by atoms with Gasteiger partial charge in [0.25, 0.3) is 0 Å². The third kappa shape index (κ3) is 8.47. The number of ether oxygens (including phenoxy) is 3. The number of nitrogens with zero attached hydrogens (tertiary/aromatic N) is 4. The molecule has 64 heavy (non-hydrogen) atoms. The van der Waals surface area contributed by atoms with Crippen LogP contribution in [0, 0.1) is 5.92 Å². The number of aromatic amines is 2. The number of benzene rings is 3. The highest BCUT2D eigenvalue weighted by atomic mass is 16.6. The van der Waals surface area contributed by atoms with Crippen molar-refractivity contribution in [3.05, 3.63) is 65.9 Å². The van der Waals surface area contributed by atoms with E-state index in [0.29, 0.717) is 24.7 Å². The van der Waals surface area contributed by atoms with Gasteiger partial charge in [0.05, 0.1) is 47.7 Å². The predicted octanol–water partition coefficient (Wildman–Crippen LogP) is 7.81.